The minimum Gasteiger partial charge on any atom is -0.489 e. The molecule has 3 aromatic rings. The molecule has 162 valence electrons. The Hall–Kier alpha value is -3.27. The second-order valence-corrected chi connectivity index (χ2v) is 8.24. The lowest BCUT2D eigenvalue weighted by Gasteiger charge is -2.15. The fraction of sp³-hybridized carbons (Fsp3) is 0.296. The summed E-state index contributed by atoms with van der Waals surface area (Å²) in [5, 5.41) is 5.96. The number of carbonyl (C=O) groups excluding carboxylic acids is 1. The van der Waals surface area contributed by atoms with E-state index in [-0.39, 0.29) is 12.1 Å². The van der Waals surface area contributed by atoms with Crippen LogP contribution in [0.4, 0.5) is 10.5 Å². The van der Waals surface area contributed by atoms with Crippen LogP contribution in [-0.2, 0) is 13.0 Å². The summed E-state index contributed by atoms with van der Waals surface area (Å²) < 4.78 is 5.84. The lowest BCUT2D eigenvalue weighted by Crippen LogP contribution is -2.36. The van der Waals surface area contributed by atoms with Gasteiger partial charge in [0.2, 0.25) is 0 Å². The number of carbonyl (C=O) groups is 1. The molecule has 0 radical (unpaired) electrons. The first-order valence-corrected chi connectivity index (χ1v) is 10.9. The van der Waals surface area contributed by atoms with Crippen LogP contribution < -0.4 is 15.4 Å². The van der Waals surface area contributed by atoms with Crippen molar-refractivity contribution in [2.45, 2.75) is 52.2 Å². The van der Waals surface area contributed by atoms with Crippen LogP contribution in [0.15, 0.2) is 78.9 Å². The van der Waals surface area contributed by atoms with Crippen LogP contribution >= 0.6 is 0 Å². The van der Waals surface area contributed by atoms with Gasteiger partial charge in [-0.15, -0.1) is 0 Å². The van der Waals surface area contributed by atoms with Gasteiger partial charge in [-0.05, 0) is 66.6 Å². The molecule has 0 aliphatic carbocycles. The van der Waals surface area contributed by atoms with Gasteiger partial charge in [-0.25, -0.2) is 4.79 Å². The maximum atomic E-state index is 12.3. The van der Waals surface area contributed by atoms with E-state index < -0.39 is 0 Å². The number of hydrogen-bond donors (Lipinski definition) is 2. The van der Waals surface area contributed by atoms with Gasteiger partial charge in [-0.2, -0.15) is 0 Å². The Balaban J connectivity index is 1.41. The van der Waals surface area contributed by atoms with Crippen LogP contribution in [0.25, 0.3) is 0 Å². The molecule has 2 amide bonds. The normalized spacial score (nSPS) is 11.7. The molecular formula is C27H32N2O2. The molecule has 0 aliphatic heterocycles. The van der Waals surface area contributed by atoms with E-state index in [1.807, 2.05) is 55.5 Å². The number of ether oxygens (including phenoxy) is 1. The quantitative estimate of drug-likeness (QED) is 0.416. The Labute approximate surface area is 185 Å². The third-order valence-electron chi connectivity index (χ3n) is 5.23. The Kier molecular flexibility index (Phi) is 8.11. The van der Waals surface area contributed by atoms with E-state index in [2.05, 4.69) is 54.8 Å². The zero-order valence-electron chi connectivity index (χ0n) is 18.6. The summed E-state index contributed by atoms with van der Waals surface area (Å²) in [5.74, 6) is 1.29. The van der Waals surface area contributed by atoms with Crippen LogP contribution in [0.1, 0.15) is 49.8 Å². The highest BCUT2D eigenvalue weighted by Gasteiger charge is 2.09. The second-order valence-electron chi connectivity index (χ2n) is 8.24. The van der Waals surface area contributed by atoms with E-state index in [1.165, 1.54) is 11.1 Å². The molecule has 0 fully saturated rings. The van der Waals surface area contributed by atoms with Crippen molar-refractivity contribution in [2.24, 2.45) is 0 Å². The molecule has 0 aliphatic rings. The van der Waals surface area contributed by atoms with Gasteiger partial charge in [0.1, 0.15) is 12.4 Å². The van der Waals surface area contributed by atoms with Gasteiger partial charge in [-0.1, -0.05) is 68.4 Å². The maximum Gasteiger partial charge on any atom is 0.319 e. The van der Waals surface area contributed by atoms with Crippen molar-refractivity contribution in [1.29, 1.82) is 0 Å². The van der Waals surface area contributed by atoms with E-state index in [9.17, 15) is 4.79 Å². The molecular weight excluding hydrogens is 384 g/mol. The van der Waals surface area contributed by atoms with Gasteiger partial charge in [0.05, 0.1) is 0 Å². The largest absolute Gasteiger partial charge is 0.489 e. The topological polar surface area (TPSA) is 50.4 Å². The monoisotopic (exact) mass is 416 g/mol. The number of urea groups is 1. The number of anilines is 1. The fourth-order valence-electron chi connectivity index (χ4n) is 3.32. The summed E-state index contributed by atoms with van der Waals surface area (Å²) in [6.45, 7) is 6.88. The summed E-state index contributed by atoms with van der Waals surface area (Å²) in [7, 11) is 0. The van der Waals surface area contributed by atoms with E-state index in [0.29, 0.717) is 12.5 Å². The van der Waals surface area contributed by atoms with Gasteiger partial charge in [-0.3, -0.25) is 0 Å². The van der Waals surface area contributed by atoms with Crippen molar-refractivity contribution in [3.63, 3.8) is 0 Å². The highest BCUT2D eigenvalue weighted by atomic mass is 16.5. The fourth-order valence-corrected chi connectivity index (χ4v) is 3.32. The van der Waals surface area contributed by atoms with Crippen molar-refractivity contribution >= 4 is 11.7 Å². The predicted molar refractivity (Wildman–Crippen MR) is 128 cm³/mol. The Morgan fingerprint density at radius 1 is 0.871 bits per heavy atom. The smallest absolute Gasteiger partial charge is 0.319 e. The first kappa shape index (κ1) is 22.4. The molecule has 0 bridgehead atoms. The van der Waals surface area contributed by atoms with Crippen LogP contribution in [0.5, 0.6) is 5.75 Å². The molecule has 0 spiro atoms. The number of benzene rings is 3. The Bertz CT molecular complexity index is 952. The number of rotatable bonds is 9. The number of amides is 2. The van der Waals surface area contributed by atoms with Crippen LogP contribution in [0.2, 0.25) is 0 Å². The minimum atomic E-state index is -0.168. The molecule has 3 aromatic carbocycles. The Morgan fingerprint density at radius 2 is 1.61 bits per heavy atom. The maximum absolute atomic E-state index is 12.3. The number of hydrogen-bond acceptors (Lipinski definition) is 2. The second kappa shape index (κ2) is 11.2. The van der Waals surface area contributed by atoms with Crippen molar-refractivity contribution in [1.82, 2.24) is 5.32 Å². The first-order chi connectivity index (χ1) is 15.0. The average molecular weight is 417 g/mol. The van der Waals surface area contributed by atoms with Gasteiger partial charge in [0.25, 0.3) is 0 Å². The van der Waals surface area contributed by atoms with E-state index in [0.717, 1.165) is 29.8 Å². The summed E-state index contributed by atoms with van der Waals surface area (Å²) in [6, 6.07) is 26.2. The first-order valence-electron chi connectivity index (χ1n) is 10.9. The third-order valence-corrected chi connectivity index (χ3v) is 5.23. The van der Waals surface area contributed by atoms with Crippen molar-refractivity contribution < 1.29 is 9.53 Å². The summed E-state index contributed by atoms with van der Waals surface area (Å²) in [6.07, 6.45) is 1.76. The summed E-state index contributed by atoms with van der Waals surface area (Å²) in [4.78, 5) is 12.3. The van der Waals surface area contributed by atoms with Crippen LogP contribution in [0, 0.1) is 0 Å². The number of nitrogens with one attached hydrogen (secondary N) is 2. The summed E-state index contributed by atoms with van der Waals surface area (Å²) in [5.41, 5.74) is 4.41. The molecule has 0 saturated carbocycles. The van der Waals surface area contributed by atoms with Gasteiger partial charge in [0, 0.05) is 11.7 Å². The highest BCUT2D eigenvalue weighted by molar-refractivity contribution is 5.89. The van der Waals surface area contributed by atoms with Gasteiger partial charge < -0.3 is 15.4 Å². The van der Waals surface area contributed by atoms with Crippen LogP contribution in [0.3, 0.4) is 0 Å². The molecule has 0 heterocycles. The van der Waals surface area contributed by atoms with E-state index >= 15 is 0 Å². The van der Waals surface area contributed by atoms with E-state index in [4.69, 9.17) is 4.74 Å². The third kappa shape index (κ3) is 7.49. The molecule has 2 N–H and O–H groups in total. The SMILES string of the molecule is CC(CCc1ccc(OCc2ccccc2)cc1)NC(=O)Nc1cccc(C(C)C)c1. The molecule has 0 saturated heterocycles. The molecule has 1 atom stereocenters. The molecule has 1 unspecified atom stereocenters. The molecule has 4 nitrogen and oxygen atoms in total. The molecule has 3 rings (SSSR count). The highest BCUT2D eigenvalue weighted by Crippen LogP contribution is 2.19. The molecule has 31 heavy (non-hydrogen) atoms. The van der Waals surface area contributed by atoms with Gasteiger partial charge in [0.15, 0.2) is 0 Å². The lowest BCUT2D eigenvalue weighted by atomic mass is 10.0. The predicted octanol–water partition coefficient (Wildman–Crippen LogP) is 6.53. The van der Waals surface area contributed by atoms with Gasteiger partial charge >= 0.3 is 6.03 Å². The van der Waals surface area contributed by atoms with Crippen molar-refractivity contribution in [2.75, 3.05) is 5.32 Å². The van der Waals surface area contributed by atoms with Crippen molar-refractivity contribution in [3.8, 4) is 5.75 Å². The minimum absolute atomic E-state index is 0.0716. The molecule has 0 aromatic heterocycles. The number of aryl methyl sites for hydroxylation is 1. The zero-order chi connectivity index (χ0) is 22.1. The lowest BCUT2D eigenvalue weighted by molar-refractivity contribution is 0.248. The zero-order valence-corrected chi connectivity index (χ0v) is 18.6. The van der Waals surface area contributed by atoms with Crippen molar-refractivity contribution in [3.05, 3.63) is 95.6 Å². The van der Waals surface area contributed by atoms with E-state index in [1.54, 1.807) is 0 Å². The van der Waals surface area contributed by atoms with Crippen LogP contribution in [-0.4, -0.2) is 12.1 Å². The summed E-state index contributed by atoms with van der Waals surface area (Å²) >= 11 is 0. The molecule has 4 heteroatoms. The average Bonchev–Trinajstić information content (AvgIpc) is 2.77. The standard InChI is InChI=1S/C27H32N2O2/c1-20(2)24-10-7-11-25(18-24)29-27(30)28-21(3)12-13-22-14-16-26(17-15-22)31-19-23-8-5-4-6-9-23/h4-11,14-18,20-21H,12-13,19H2,1-3H3,(H2,28,29,30). The Morgan fingerprint density at radius 3 is 2.32 bits per heavy atom.